The Kier molecular flexibility index (Phi) is 4.97. The summed E-state index contributed by atoms with van der Waals surface area (Å²) in [6.45, 7) is 2.86. The zero-order chi connectivity index (χ0) is 18.8. The highest BCUT2D eigenvalue weighted by Crippen LogP contribution is 2.26. The van der Waals surface area contributed by atoms with Crippen molar-refractivity contribution in [1.82, 2.24) is 20.4 Å². The lowest BCUT2D eigenvalue weighted by molar-refractivity contribution is -0.126. The number of aromatic nitrogens is 2. The van der Waals surface area contributed by atoms with Gasteiger partial charge < -0.3 is 10.2 Å². The van der Waals surface area contributed by atoms with E-state index in [9.17, 15) is 9.59 Å². The topological polar surface area (TPSA) is 78.1 Å². The van der Waals surface area contributed by atoms with Gasteiger partial charge in [-0.1, -0.05) is 31.5 Å². The van der Waals surface area contributed by atoms with Gasteiger partial charge in [0, 0.05) is 17.8 Å². The van der Waals surface area contributed by atoms with Crippen LogP contribution in [0.15, 0.2) is 24.3 Å². The second-order valence-electron chi connectivity index (χ2n) is 7.42. The smallest absolute Gasteiger partial charge is 0.255 e. The summed E-state index contributed by atoms with van der Waals surface area (Å²) in [7, 11) is 0. The van der Waals surface area contributed by atoms with Crippen LogP contribution in [0, 0.1) is 0 Å². The van der Waals surface area contributed by atoms with Crippen molar-refractivity contribution >= 4 is 11.8 Å². The average molecular weight is 366 g/mol. The first-order chi connectivity index (χ1) is 13.2. The Morgan fingerprint density at radius 2 is 2.07 bits per heavy atom. The molecule has 142 valence electrons. The molecular formula is C21H26N4O2. The summed E-state index contributed by atoms with van der Waals surface area (Å²) < 4.78 is 0. The van der Waals surface area contributed by atoms with E-state index in [0.717, 1.165) is 24.1 Å². The van der Waals surface area contributed by atoms with Gasteiger partial charge in [-0.2, -0.15) is 5.10 Å². The average Bonchev–Trinajstić information content (AvgIpc) is 3.12. The van der Waals surface area contributed by atoms with Gasteiger partial charge in [-0.3, -0.25) is 14.7 Å². The molecule has 1 atom stereocenters. The van der Waals surface area contributed by atoms with E-state index in [1.165, 1.54) is 30.5 Å². The number of hydrogen-bond donors (Lipinski definition) is 2. The zero-order valence-electron chi connectivity index (χ0n) is 15.8. The van der Waals surface area contributed by atoms with Crippen LogP contribution in [0.25, 0.3) is 0 Å². The molecule has 2 aliphatic rings. The standard InChI is InChI=1S/C21H26N4O2/c1-2-19(25-13-14-8-6-7-9-15(14)21(25)27)20(26)22-12-18-16-10-4-3-5-11-17(16)23-24-18/h6-9,19H,2-5,10-13H2,1H3,(H,22,26)(H,23,24). The number of carbonyl (C=O) groups is 2. The summed E-state index contributed by atoms with van der Waals surface area (Å²) in [6, 6.07) is 7.13. The van der Waals surface area contributed by atoms with Crippen LogP contribution in [0.5, 0.6) is 0 Å². The Labute approximate surface area is 159 Å². The fourth-order valence-electron chi connectivity index (χ4n) is 4.24. The normalized spacial score (nSPS) is 17.2. The third-order valence-corrected chi connectivity index (χ3v) is 5.74. The minimum Gasteiger partial charge on any atom is -0.349 e. The molecular weight excluding hydrogens is 340 g/mol. The number of aromatic amines is 1. The fourth-order valence-corrected chi connectivity index (χ4v) is 4.24. The first-order valence-corrected chi connectivity index (χ1v) is 9.90. The van der Waals surface area contributed by atoms with Crippen molar-refractivity contribution in [2.75, 3.05) is 0 Å². The van der Waals surface area contributed by atoms with Gasteiger partial charge in [0.25, 0.3) is 5.91 Å². The molecule has 0 saturated heterocycles. The predicted molar refractivity (Wildman–Crippen MR) is 102 cm³/mol. The molecule has 2 N–H and O–H groups in total. The van der Waals surface area contributed by atoms with Gasteiger partial charge in [0.15, 0.2) is 0 Å². The number of aryl methyl sites for hydroxylation is 1. The zero-order valence-corrected chi connectivity index (χ0v) is 15.8. The minimum atomic E-state index is -0.456. The molecule has 1 aromatic heterocycles. The van der Waals surface area contributed by atoms with Crippen LogP contribution in [0.1, 0.15) is 65.5 Å². The molecule has 2 heterocycles. The van der Waals surface area contributed by atoms with E-state index < -0.39 is 6.04 Å². The van der Waals surface area contributed by atoms with Crippen molar-refractivity contribution in [3.05, 3.63) is 52.3 Å². The Morgan fingerprint density at radius 1 is 1.26 bits per heavy atom. The number of amides is 2. The maximum absolute atomic E-state index is 12.8. The lowest BCUT2D eigenvalue weighted by atomic mass is 10.1. The quantitative estimate of drug-likeness (QED) is 0.799. The molecule has 6 heteroatoms. The maximum atomic E-state index is 12.8. The third kappa shape index (κ3) is 3.36. The van der Waals surface area contributed by atoms with Crippen LogP contribution >= 0.6 is 0 Å². The van der Waals surface area contributed by atoms with Crippen molar-refractivity contribution in [3.8, 4) is 0 Å². The Morgan fingerprint density at radius 3 is 2.89 bits per heavy atom. The SMILES string of the molecule is CCC(C(=O)NCc1n[nH]c2c1CCCCC2)N1Cc2ccccc2C1=O. The fraction of sp³-hybridized carbons (Fsp3) is 0.476. The molecule has 0 radical (unpaired) electrons. The van der Waals surface area contributed by atoms with Crippen LogP contribution in [0.2, 0.25) is 0 Å². The monoisotopic (exact) mass is 366 g/mol. The number of nitrogens with one attached hydrogen (secondary N) is 2. The van der Waals surface area contributed by atoms with E-state index in [1.807, 2.05) is 31.2 Å². The second-order valence-corrected chi connectivity index (χ2v) is 7.42. The molecule has 4 rings (SSSR count). The van der Waals surface area contributed by atoms with Crippen LogP contribution < -0.4 is 5.32 Å². The van der Waals surface area contributed by atoms with E-state index in [0.29, 0.717) is 25.1 Å². The Balaban J connectivity index is 1.43. The summed E-state index contributed by atoms with van der Waals surface area (Å²) in [5.41, 5.74) is 5.12. The molecule has 1 aliphatic heterocycles. The van der Waals surface area contributed by atoms with Gasteiger partial charge in [0.1, 0.15) is 6.04 Å². The lowest BCUT2D eigenvalue weighted by Gasteiger charge is -2.25. The highest BCUT2D eigenvalue weighted by Gasteiger charge is 2.35. The van der Waals surface area contributed by atoms with Gasteiger partial charge in [0.2, 0.25) is 5.91 Å². The van der Waals surface area contributed by atoms with Crippen LogP contribution in [-0.2, 0) is 30.7 Å². The van der Waals surface area contributed by atoms with Gasteiger partial charge in [-0.25, -0.2) is 0 Å². The number of nitrogens with zero attached hydrogens (tertiary/aromatic N) is 2. The predicted octanol–water partition coefficient (Wildman–Crippen LogP) is 2.73. The van der Waals surface area contributed by atoms with E-state index in [4.69, 9.17) is 0 Å². The molecule has 27 heavy (non-hydrogen) atoms. The lowest BCUT2D eigenvalue weighted by Crippen LogP contribution is -2.46. The van der Waals surface area contributed by atoms with E-state index >= 15 is 0 Å². The number of carbonyl (C=O) groups excluding carboxylic acids is 2. The largest absolute Gasteiger partial charge is 0.349 e. The Bertz CT molecular complexity index is 858. The van der Waals surface area contributed by atoms with Crippen molar-refractivity contribution in [2.45, 2.75) is 64.6 Å². The van der Waals surface area contributed by atoms with Crippen LogP contribution in [0.4, 0.5) is 0 Å². The minimum absolute atomic E-state index is 0.0544. The number of benzene rings is 1. The Hall–Kier alpha value is -2.63. The van der Waals surface area contributed by atoms with Crippen molar-refractivity contribution < 1.29 is 9.59 Å². The highest BCUT2D eigenvalue weighted by molar-refractivity contribution is 6.01. The highest BCUT2D eigenvalue weighted by atomic mass is 16.2. The molecule has 2 aromatic rings. The summed E-state index contributed by atoms with van der Waals surface area (Å²) in [5, 5.41) is 10.6. The molecule has 2 amide bonds. The van der Waals surface area contributed by atoms with Crippen molar-refractivity contribution in [2.24, 2.45) is 0 Å². The van der Waals surface area contributed by atoms with Crippen LogP contribution in [-0.4, -0.2) is 33.0 Å². The summed E-state index contributed by atoms with van der Waals surface area (Å²) in [4.78, 5) is 27.2. The molecule has 6 nitrogen and oxygen atoms in total. The summed E-state index contributed by atoms with van der Waals surface area (Å²) in [5.74, 6) is -0.162. The van der Waals surface area contributed by atoms with E-state index in [1.54, 1.807) is 4.90 Å². The van der Waals surface area contributed by atoms with E-state index in [2.05, 4.69) is 15.5 Å². The maximum Gasteiger partial charge on any atom is 0.255 e. The molecule has 0 saturated carbocycles. The molecule has 0 spiro atoms. The van der Waals surface area contributed by atoms with Crippen LogP contribution in [0.3, 0.4) is 0 Å². The summed E-state index contributed by atoms with van der Waals surface area (Å²) >= 11 is 0. The number of H-pyrrole nitrogens is 1. The number of rotatable bonds is 5. The third-order valence-electron chi connectivity index (χ3n) is 5.74. The number of fused-ring (bicyclic) bond motifs is 2. The van der Waals surface area contributed by atoms with Crippen molar-refractivity contribution in [1.29, 1.82) is 0 Å². The van der Waals surface area contributed by atoms with Crippen molar-refractivity contribution in [3.63, 3.8) is 0 Å². The number of hydrogen-bond acceptors (Lipinski definition) is 3. The van der Waals surface area contributed by atoms with Gasteiger partial charge in [-0.05, 0) is 49.3 Å². The molecule has 1 aliphatic carbocycles. The summed E-state index contributed by atoms with van der Waals surface area (Å²) in [6.07, 6.45) is 6.25. The van der Waals surface area contributed by atoms with Gasteiger partial charge in [-0.15, -0.1) is 0 Å². The first-order valence-electron chi connectivity index (χ1n) is 9.90. The second kappa shape index (κ2) is 7.55. The van der Waals surface area contributed by atoms with Gasteiger partial charge >= 0.3 is 0 Å². The molecule has 0 bridgehead atoms. The van der Waals surface area contributed by atoms with Gasteiger partial charge in [0.05, 0.1) is 12.2 Å². The van der Waals surface area contributed by atoms with E-state index in [-0.39, 0.29) is 11.8 Å². The molecule has 1 aromatic carbocycles. The first kappa shape index (κ1) is 17.8. The molecule has 1 unspecified atom stereocenters. The molecule has 0 fully saturated rings.